The lowest BCUT2D eigenvalue weighted by molar-refractivity contribution is -0.117. The zero-order valence-corrected chi connectivity index (χ0v) is 11.0. The van der Waals surface area contributed by atoms with Crippen LogP contribution in [0.15, 0.2) is 23.3 Å². The molecule has 17 heavy (non-hydrogen) atoms. The van der Waals surface area contributed by atoms with Gasteiger partial charge in [-0.2, -0.15) is 0 Å². The maximum absolute atomic E-state index is 12.0. The van der Waals surface area contributed by atoms with Gasteiger partial charge in [-0.25, -0.2) is 0 Å². The molecule has 1 N–H and O–H groups in total. The van der Waals surface area contributed by atoms with Crippen LogP contribution in [0.2, 0.25) is 0 Å². The van der Waals surface area contributed by atoms with E-state index in [-0.39, 0.29) is 18.1 Å². The second kappa shape index (κ2) is 4.09. The lowest BCUT2D eigenvalue weighted by Gasteiger charge is -2.24. The summed E-state index contributed by atoms with van der Waals surface area (Å²) in [6.45, 7) is 9.97. The van der Waals surface area contributed by atoms with E-state index in [4.69, 9.17) is 0 Å². The smallest absolute Gasteiger partial charge is 0.162 e. The molecule has 0 heterocycles. The number of ketones is 1. The summed E-state index contributed by atoms with van der Waals surface area (Å²) in [5.74, 6) is 0.859. The molecule has 0 spiro atoms. The molecular formula is C15H22O2. The number of hydrogen-bond acceptors (Lipinski definition) is 2. The number of carbonyl (C=O) groups is 1. The van der Waals surface area contributed by atoms with E-state index in [9.17, 15) is 9.90 Å². The van der Waals surface area contributed by atoms with E-state index in [0.717, 1.165) is 30.4 Å². The van der Waals surface area contributed by atoms with Crippen molar-refractivity contribution < 1.29 is 9.90 Å². The summed E-state index contributed by atoms with van der Waals surface area (Å²) in [4.78, 5) is 12.0. The molecular weight excluding hydrogens is 212 g/mol. The number of carbonyl (C=O) groups excluding carboxylic acids is 1. The molecule has 0 saturated carbocycles. The monoisotopic (exact) mass is 234 g/mol. The van der Waals surface area contributed by atoms with Gasteiger partial charge in [0.05, 0.1) is 5.60 Å². The molecule has 2 aliphatic carbocycles. The van der Waals surface area contributed by atoms with E-state index in [1.165, 1.54) is 5.57 Å². The van der Waals surface area contributed by atoms with Crippen LogP contribution >= 0.6 is 0 Å². The van der Waals surface area contributed by atoms with Gasteiger partial charge in [0.25, 0.3) is 0 Å². The zero-order chi connectivity index (χ0) is 12.8. The summed E-state index contributed by atoms with van der Waals surface area (Å²) in [7, 11) is 0. The van der Waals surface area contributed by atoms with Crippen molar-refractivity contribution in [1.82, 2.24) is 0 Å². The normalized spacial score (nSPS) is 38.0. The third kappa shape index (κ3) is 2.11. The Balaban J connectivity index is 2.41. The lowest BCUT2D eigenvalue weighted by Crippen LogP contribution is -2.25. The van der Waals surface area contributed by atoms with Crippen molar-refractivity contribution in [2.75, 3.05) is 0 Å². The van der Waals surface area contributed by atoms with Crippen molar-refractivity contribution in [2.24, 2.45) is 11.8 Å². The van der Waals surface area contributed by atoms with Crippen LogP contribution < -0.4 is 0 Å². The fourth-order valence-corrected chi connectivity index (χ4v) is 3.24. The minimum absolute atomic E-state index is 0.153. The van der Waals surface area contributed by atoms with Crippen molar-refractivity contribution >= 4 is 5.78 Å². The van der Waals surface area contributed by atoms with Crippen LogP contribution in [0.1, 0.15) is 46.5 Å². The van der Waals surface area contributed by atoms with Crippen molar-refractivity contribution in [3.63, 3.8) is 0 Å². The molecule has 0 bridgehead atoms. The molecule has 2 rings (SSSR count). The molecule has 1 unspecified atom stereocenters. The Morgan fingerprint density at radius 3 is 2.71 bits per heavy atom. The number of hydrogen-bond donors (Lipinski definition) is 1. The molecule has 94 valence electrons. The van der Waals surface area contributed by atoms with E-state index in [1.54, 1.807) is 6.92 Å². The van der Waals surface area contributed by atoms with Gasteiger partial charge in [0.15, 0.2) is 5.78 Å². The van der Waals surface area contributed by atoms with E-state index in [1.807, 2.05) is 6.92 Å². The second-order valence-corrected chi connectivity index (χ2v) is 5.99. The number of allylic oxidation sites excluding steroid dienone is 2. The van der Waals surface area contributed by atoms with E-state index in [0.29, 0.717) is 5.92 Å². The Bertz CT molecular complexity index is 401. The maximum Gasteiger partial charge on any atom is 0.162 e. The summed E-state index contributed by atoms with van der Waals surface area (Å²) in [5.41, 5.74) is 2.15. The molecule has 0 fully saturated rings. The first kappa shape index (κ1) is 12.6. The topological polar surface area (TPSA) is 37.3 Å². The first-order valence-electron chi connectivity index (χ1n) is 6.47. The molecule has 3 atom stereocenters. The molecule has 2 nitrogen and oxygen atoms in total. The molecule has 2 aliphatic rings. The Morgan fingerprint density at radius 2 is 2.12 bits per heavy atom. The van der Waals surface area contributed by atoms with Gasteiger partial charge in [-0.05, 0) is 50.5 Å². The van der Waals surface area contributed by atoms with Gasteiger partial charge in [-0.3, -0.25) is 4.79 Å². The van der Waals surface area contributed by atoms with Crippen LogP contribution in [-0.2, 0) is 4.79 Å². The molecule has 0 amide bonds. The Kier molecular flexibility index (Phi) is 3.03. The highest BCUT2D eigenvalue weighted by Gasteiger charge is 2.43. The minimum Gasteiger partial charge on any atom is -0.385 e. The lowest BCUT2D eigenvalue weighted by atomic mass is 9.85. The summed E-state index contributed by atoms with van der Waals surface area (Å²) < 4.78 is 0. The summed E-state index contributed by atoms with van der Waals surface area (Å²) >= 11 is 0. The predicted octanol–water partition coefficient (Wildman–Crippen LogP) is 3.02. The van der Waals surface area contributed by atoms with Gasteiger partial charge in [-0.1, -0.05) is 19.1 Å². The van der Waals surface area contributed by atoms with Crippen molar-refractivity contribution in [3.05, 3.63) is 23.3 Å². The summed E-state index contributed by atoms with van der Waals surface area (Å²) in [6, 6.07) is 0. The zero-order valence-electron chi connectivity index (χ0n) is 11.0. The number of Topliss-reactive ketones (excluding diaryl/α,β-unsaturated/α-hetero) is 1. The van der Waals surface area contributed by atoms with Gasteiger partial charge in [0.2, 0.25) is 0 Å². The maximum atomic E-state index is 12.0. The quantitative estimate of drug-likeness (QED) is 0.708. The standard InChI is InChI=1S/C15H22O2/c1-9(2)11-6-5-10(3)14-12(7-11)15(4,17)8-13(14)16/h10-11,17H,1,5-8H2,2-4H3/t10-,11+,15?/m0/s1. The first-order valence-corrected chi connectivity index (χ1v) is 6.47. The minimum atomic E-state index is -0.918. The van der Waals surface area contributed by atoms with Crippen LogP contribution in [-0.4, -0.2) is 16.5 Å². The molecule has 0 aromatic rings. The van der Waals surface area contributed by atoms with Crippen molar-refractivity contribution in [3.8, 4) is 0 Å². The predicted molar refractivity (Wildman–Crippen MR) is 68.6 cm³/mol. The third-order valence-electron chi connectivity index (χ3n) is 4.37. The fraction of sp³-hybridized carbons (Fsp3) is 0.667. The van der Waals surface area contributed by atoms with Crippen molar-refractivity contribution in [1.29, 1.82) is 0 Å². The van der Waals surface area contributed by atoms with Gasteiger partial charge in [0, 0.05) is 12.0 Å². The average Bonchev–Trinajstić information content (AvgIpc) is 2.34. The first-order chi connectivity index (χ1) is 7.83. The number of aliphatic hydroxyl groups is 1. The Morgan fingerprint density at radius 1 is 1.47 bits per heavy atom. The molecule has 2 heteroatoms. The summed E-state index contributed by atoms with van der Waals surface area (Å²) in [5, 5.41) is 10.4. The molecule has 0 aromatic heterocycles. The van der Waals surface area contributed by atoms with Gasteiger partial charge < -0.3 is 5.11 Å². The Hall–Kier alpha value is -0.890. The van der Waals surface area contributed by atoms with E-state index in [2.05, 4.69) is 13.5 Å². The molecule has 0 radical (unpaired) electrons. The van der Waals surface area contributed by atoms with E-state index >= 15 is 0 Å². The van der Waals surface area contributed by atoms with Crippen LogP contribution in [0, 0.1) is 11.8 Å². The SMILES string of the molecule is C=C(C)[C@@H]1CC[C@H](C)C2=C(C1)C(C)(O)CC2=O. The van der Waals surface area contributed by atoms with Crippen LogP contribution in [0.4, 0.5) is 0 Å². The summed E-state index contributed by atoms with van der Waals surface area (Å²) in [6.07, 6.45) is 3.18. The van der Waals surface area contributed by atoms with Gasteiger partial charge in [0.1, 0.15) is 0 Å². The number of rotatable bonds is 1. The van der Waals surface area contributed by atoms with E-state index < -0.39 is 5.60 Å². The third-order valence-corrected chi connectivity index (χ3v) is 4.37. The highest BCUT2D eigenvalue weighted by molar-refractivity contribution is 6.01. The highest BCUT2D eigenvalue weighted by atomic mass is 16.3. The largest absolute Gasteiger partial charge is 0.385 e. The molecule has 0 aromatic carbocycles. The van der Waals surface area contributed by atoms with Crippen molar-refractivity contribution in [2.45, 2.75) is 52.1 Å². The average molecular weight is 234 g/mol. The van der Waals surface area contributed by atoms with Crippen LogP contribution in [0.25, 0.3) is 0 Å². The highest BCUT2D eigenvalue weighted by Crippen LogP contribution is 2.45. The van der Waals surface area contributed by atoms with Gasteiger partial charge >= 0.3 is 0 Å². The van der Waals surface area contributed by atoms with Crippen LogP contribution in [0.3, 0.4) is 0 Å². The van der Waals surface area contributed by atoms with Crippen LogP contribution in [0.5, 0.6) is 0 Å². The van der Waals surface area contributed by atoms with Gasteiger partial charge in [-0.15, -0.1) is 0 Å². The Labute approximate surface area is 103 Å². The molecule has 0 aliphatic heterocycles. The fourth-order valence-electron chi connectivity index (χ4n) is 3.24. The second-order valence-electron chi connectivity index (χ2n) is 5.99. The molecule has 0 saturated heterocycles.